The summed E-state index contributed by atoms with van der Waals surface area (Å²) < 4.78 is 4.98. The number of ether oxygens (including phenoxy) is 1. The third-order valence-corrected chi connectivity index (χ3v) is 3.20. The Hall–Kier alpha value is -0.860. The van der Waals surface area contributed by atoms with Crippen LogP contribution in [0.2, 0.25) is 0 Å². The molecular weight excluding hydrogens is 168 g/mol. The van der Waals surface area contributed by atoms with E-state index >= 15 is 0 Å². The van der Waals surface area contributed by atoms with Gasteiger partial charge in [0.15, 0.2) is 0 Å². The Morgan fingerprint density at radius 1 is 1.69 bits per heavy atom. The molecule has 0 radical (unpaired) electrons. The van der Waals surface area contributed by atoms with Crippen LogP contribution in [0.4, 0.5) is 0 Å². The van der Waals surface area contributed by atoms with Gasteiger partial charge in [-0.25, -0.2) is 0 Å². The summed E-state index contributed by atoms with van der Waals surface area (Å²) in [5.74, 6) is 0.513. The van der Waals surface area contributed by atoms with Crippen molar-refractivity contribution in [2.24, 2.45) is 11.3 Å². The molecule has 2 aliphatic carbocycles. The number of carbonyl (C=O) groups excluding carboxylic acids is 2. The van der Waals surface area contributed by atoms with Crippen LogP contribution in [0.5, 0.6) is 0 Å². The van der Waals surface area contributed by atoms with Gasteiger partial charge >= 0.3 is 5.97 Å². The molecule has 0 heterocycles. The van der Waals surface area contributed by atoms with Crippen molar-refractivity contribution < 1.29 is 14.3 Å². The molecule has 3 nitrogen and oxygen atoms in total. The molecule has 0 aromatic rings. The summed E-state index contributed by atoms with van der Waals surface area (Å²) in [6.45, 7) is 2.22. The van der Waals surface area contributed by atoms with E-state index in [2.05, 4.69) is 0 Å². The van der Waals surface area contributed by atoms with E-state index in [9.17, 15) is 9.59 Å². The fraction of sp³-hybridized carbons (Fsp3) is 0.800. The summed E-state index contributed by atoms with van der Waals surface area (Å²) in [5, 5.41) is 0. The van der Waals surface area contributed by atoms with Crippen molar-refractivity contribution >= 4 is 11.8 Å². The molecule has 0 aliphatic heterocycles. The van der Waals surface area contributed by atoms with Gasteiger partial charge in [0.05, 0.1) is 12.0 Å². The first-order valence-electron chi connectivity index (χ1n) is 4.88. The molecule has 0 aromatic heterocycles. The molecule has 0 saturated heterocycles. The summed E-state index contributed by atoms with van der Waals surface area (Å²) in [5.41, 5.74) is -0.384. The summed E-state index contributed by atoms with van der Waals surface area (Å²) >= 11 is 0. The van der Waals surface area contributed by atoms with Crippen molar-refractivity contribution in [2.45, 2.75) is 32.6 Å². The summed E-state index contributed by atoms with van der Waals surface area (Å²) in [6, 6.07) is 0. The number of ketones is 1. The van der Waals surface area contributed by atoms with Crippen LogP contribution in [0, 0.1) is 11.3 Å². The highest BCUT2D eigenvalue weighted by molar-refractivity contribution is 5.91. The van der Waals surface area contributed by atoms with Gasteiger partial charge in [-0.1, -0.05) is 0 Å². The van der Waals surface area contributed by atoms with Crippen molar-refractivity contribution in [3.05, 3.63) is 0 Å². The summed E-state index contributed by atoms with van der Waals surface area (Å²) in [7, 11) is 0. The first-order valence-corrected chi connectivity index (χ1v) is 4.88. The number of fused-ring (bicyclic) bond motifs is 1. The molecular formula is C10H14O3. The zero-order valence-corrected chi connectivity index (χ0v) is 7.84. The van der Waals surface area contributed by atoms with Crippen molar-refractivity contribution in [1.29, 1.82) is 0 Å². The predicted octanol–water partition coefficient (Wildman–Crippen LogP) is 1.31. The van der Waals surface area contributed by atoms with E-state index in [4.69, 9.17) is 4.74 Å². The van der Waals surface area contributed by atoms with Gasteiger partial charge in [-0.2, -0.15) is 0 Å². The minimum absolute atomic E-state index is 0.145. The largest absolute Gasteiger partial charge is 0.466 e. The van der Waals surface area contributed by atoms with Gasteiger partial charge < -0.3 is 4.74 Å². The fourth-order valence-corrected chi connectivity index (χ4v) is 2.35. The van der Waals surface area contributed by atoms with Gasteiger partial charge in [0, 0.05) is 12.8 Å². The maximum absolute atomic E-state index is 11.5. The molecule has 0 spiro atoms. The maximum atomic E-state index is 11.5. The van der Waals surface area contributed by atoms with E-state index in [0.717, 1.165) is 12.8 Å². The third kappa shape index (κ3) is 1.26. The average molecular weight is 182 g/mol. The second kappa shape index (κ2) is 2.82. The average Bonchev–Trinajstić information content (AvgIpc) is 2.79. The highest BCUT2D eigenvalue weighted by atomic mass is 16.5. The quantitative estimate of drug-likeness (QED) is 0.605. The molecule has 0 N–H and O–H groups in total. The van der Waals surface area contributed by atoms with Crippen molar-refractivity contribution in [2.75, 3.05) is 6.61 Å². The zero-order chi connectivity index (χ0) is 9.47. The number of hydrogen-bond donors (Lipinski definition) is 0. The SMILES string of the molecule is CCOC(=O)C12CC(=O)CCC1C2. The molecule has 2 aliphatic rings. The van der Waals surface area contributed by atoms with Gasteiger partial charge in [-0.3, -0.25) is 9.59 Å². The van der Waals surface area contributed by atoms with Crippen LogP contribution in [-0.2, 0) is 14.3 Å². The highest BCUT2D eigenvalue weighted by Gasteiger charge is 2.63. The molecule has 0 bridgehead atoms. The smallest absolute Gasteiger partial charge is 0.312 e. The van der Waals surface area contributed by atoms with E-state index in [1.165, 1.54) is 0 Å². The molecule has 2 rings (SSSR count). The first-order chi connectivity index (χ1) is 6.19. The van der Waals surface area contributed by atoms with Crippen molar-refractivity contribution in [3.63, 3.8) is 0 Å². The Labute approximate surface area is 77.4 Å². The lowest BCUT2D eigenvalue weighted by Gasteiger charge is -2.18. The van der Waals surface area contributed by atoms with Crippen LogP contribution in [0.1, 0.15) is 32.6 Å². The Bertz CT molecular complexity index is 259. The van der Waals surface area contributed by atoms with Gasteiger partial charge in [0.2, 0.25) is 0 Å². The minimum atomic E-state index is -0.384. The predicted molar refractivity (Wildman–Crippen MR) is 46.0 cm³/mol. The second-order valence-electron chi connectivity index (χ2n) is 4.03. The monoisotopic (exact) mass is 182 g/mol. The number of esters is 1. The zero-order valence-electron chi connectivity index (χ0n) is 7.84. The molecule has 0 amide bonds. The van der Waals surface area contributed by atoms with E-state index in [1.807, 2.05) is 0 Å². The van der Waals surface area contributed by atoms with E-state index < -0.39 is 0 Å². The van der Waals surface area contributed by atoms with E-state index in [1.54, 1.807) is 6.92 Å². The van der Waals surface area contributed by atoms with Crippen LogP contribution >= 0.6 is 0 Å². The topological polar surface area (TPSA) is 43.4 Å². The second-order valence-corrected chi connectivity index (χ2v) is 4.03. The van der Waals surface area contributed by atoms with Crippen LogP contribution in [-0.4, -0.2) is 18.4 Å². The summed E-state index contributed by atoms with van der Waals surface area (Å²) in [6.07, 6.45) is 2.84. The minimum Gasteiger partial charge on any atom is -0.466 e. The van der Waals surface area contributed by atoms with Gasteiger partial charge in [-0.05, 0) is 25.7 Å². The Morgan fingerprint density at radius 2 is 2.46 bits per heavy atom. The number of rotatable bonds is 2. The Morgan fingerprint density at radius 3 is 3.15 bits per heavy atom. The van der Waals surface area contributed by atoms with Gasteiger partial charge in [0.1, 0.15) is 5.78 Å². The number of hydrogen-bond acceptors (Lipinski definition) is 3. The molecule has 3 heteroatoms. The number of carbonyl (C=O) groups is 2. The molecule has 2 unspecified atom stereocenters. The number of Topliss-reactive ketones (excluding diaryl/α,β-unsaturated/α-hetero) is 1. The van der Waals surface area contributed by atoms with Crippen LogP contribution in [0.15, 0.2) is 0 Å². The van der Waals surface area contributed by atoms with E-state index in [0.29, 0.717) is 25.4 Å². The standard InChI is InChI=1S/C10H14O3/c1-2-13-9(12)10-5-7(10)3-4-8(11)6-10/h7H,2-6H2,1H3. The Balaban J connectivity index is 2.05. The molecule has 0 aromatic carbocycles. The lowest BCUT2D eigenvalue weighted by Crippen LogP contribution is -2.27. The first kappa shape index (κ1) is 8.73. The molecule has 13 heavy (non-hydrogen) atoms. The van der Waals surface area contributed by atoms with Gasteiger partial charge in [0.25, 0.3) is 0 Å². The van der Waals surface area contributed by atoms with Crippen LogP contribution in [0.25, 0.3) is 0 Å². The normalized spacial score (nSPS) is 36.7. The third-order valence-electron chi connectivity index (χ3n) is 3.20. The fourth-order valence-electron chi connectivity index (χ4n) is 2.35. The molecule has 72 valence electrons. The highest BCUT2D eigenvalue weighted by Crippen LogP contribution is 2.61. The van der Waals surface area contributed by atoms with Crippen LogP contribution in [0.3, 0.4) is 0 Å². The van der Waals surface area contributed by atoms with Crippen molar-refractivity contribution in [1.82, 2.24) is 0 Å². The van der Waals surface area contributed by atoms with E-state index in [-0.39, 0.29) is 17.2 Å². The molecule has 2 saturated carbocycles. The molecule has 2 fully saturated rings. The van der Waals surface area contributed by atoms with Crippen molar-refractivity contribution in [3.8, 4) is 0 Å². The molecule has 2 atom stereocenters. The Kier molecular flexibility index (Phi) is 1.90. The lowest BCUT2D eigenvalue weighted by molar-refractivity contribution is -0.153. The van der Waals surface area contributed by atoms with Gasteiger partial charge in [-0.15, -0.1) is 0 Å². The lowest BCUT2D eigenvalue weighted by atomic mass is 9.88. The maximum Gasteiger partial charge on any atom is 0.312 e. The summed E-state index contributed by atoms with van der Waals surface area (Å²) in [4.78, 5) is 22.7. The van der Waals surface area contributed by atoms with Crippen LogP contribution < -0.4 is 0 Å².